The van der Waals surface area contributed by atoms with Crippen molar-refractivity contribution in [1.29, 1.82) is 0 Å². The molecule has 3 aromatic rings. The Morgan fingerprint density at radius 1 is 1.14 bits per heavy atom. The number of sulfone groups is 1. The SMILES string of the molecule is O=C(N[C@H]1CCS(=O)(=O)C1)c1ccccc1-c1ncc(-c2ccc(F)cc2)o1. The van der Waals surface area contributed by atoms with Crippen LogP contribution < -0.4 is 5.32 Å². The summed E-state index contributed by atoms with van der Waals surface area (Å²) >= 11 is 0. The topological polar surface area (TPSA) is 89.3 Å². The zero-order chi connectivity index (χ0) is 19.7. The van der Waals surface area contributed by atoms with Gasteiger partial charge < -0.3 is 9.73 Å². The molecule has 1 aliphatic rings. The summed E-state index contributed by atoms with van der Waals surface area (Å²) in [5.74, 6) is 0.0181. The average Bonchev–Trinajstić information content (AvgIpc) is 3.29. The van der Waals surface area contributed by atoms with E-state index < -0.39 is 15.9 Å². The smallest absolute Gasteiger partial charge is 0.252 e. The van der Waals surface area contributed by atoms with Gasteiger partial charge in [-0.15, -0.1) is 0 Å². The number of halogens is 1. The summed E-state index contributed by atoms with van der Waals surface area (Å²) in [4.78, 5) is 16.9. The van der Waals surface area contributed by atoms with Crippen LogP contribution in [0.3, 0.4) is 0 Å². The van der Waals surface area contributed by atoms with E-state index >= 15 is 0 Å². The Labute approximate surface area is 161 Å². The van der Waals surface area contributed by atoms with Crippen LogP contribution in [0.4, 0.5) is 4.39 Å². The summed E-state index contributed by atoms with van der Waals surface area (Å²) in [7, 11) is -3.09. The first-order chi connectivity index (χ1) is 13.4. The fourth-order valence-electron chi connectivity index (χ4n) is 3.19. The molecular formula is C20H17FN2O4S. The first-order valence-corrected chi connectivity index (χ1v) is 10.6. The molecule has 144 valence electrons. The van der Waals surface area contributed by atoms with Crippen LogP contribution in [0.15, 0.2) is 59.1 Å². The van der Waals surface area contributed by atoms with Crippen molar-refractivity contribution < 1.29 is 22.0 Å². The van der Waals surface area contributed by atoms with E-state index in [-0.39, 0.29) is 29.1 Å². The average molecular weight is 400 g/mol. The van der Waals surface area contributed by atoms with Crippen molar-refractivity contribution in [1.82, 2.24) is 10.3 Å². The molecular weight excluding hydrogens is 383 g/mol. The molecule has 0 radical (unpaired) electrons. The zero-order valence-corrected chi connectivity index (χ0v) is 15.6. The summed E-state index contributed by atoms with van der Waals surface area (Å²) in [6.45, 7) is 0. The molecule has 1 aromatic heterocycles. The number of carbonyl (C=O) groups is 1. The van der Waals surface area contributed by atoms with Crippen molar-refractivity contribution in [2.24, 2.45) is 0 Å². The Bertz CT molecular complexity index is 1120. The number of aromatic nitrogens is 1. The Morgan fingerprint density at radius 2 is 1.89 bits per heavy atom. The fourth-order valence-corrected chi connectivity index (χ4v) is 4.86. The first kappa shape index (κ1) is 18.4. The van der Waals surface area contributed by atoms with Crippen LogP contribution in [-0.4, -0.2) is 36.9 Å². The minimum atomic E-state index is -3.09. The van der Waals surface area contributed by atoms with Gasteiger partial charge in [0.05, 0.1) is 23.3 Å². The molecule has 2 heterocycles. The molecule has 1 saturated heterocycles. The van der Waals surface area contributed by atoms with Crippen molar-refractivity contribution in [3.63, 3.8) is 0 Å². The van der Waals surface area contributed by atoms with Gasteiger partial charge in [0.1, 0.15) is 5.82 Å². The van der Waals surface area contributed by atoms with Gasteiger partial charge in [0, 0.05) is 17.2 Å². The normalized spacial score (nSPS) is 18.1. The second kappa shape index (κ2) is 7.20. The highest BCUT2D eigenvalue weighted by Crippen LogP contribution is 2.28. The summed E-state index contributed by atoms with van der Waals surface area (Å²) in [6, 6.07) is 12.2. The second-order valence-corrected chi connectivity index (χ2v) is 8.88. The predicted molar refractivity (Wildman–Crippen MR) is 102 cm³/mol. The van der Waals surface area contributed by atoms with Crippen molar-refractivity contribution in [3.8, 4) is 22.8 Å². The molecule has 1 amide bonds. The van der Waals surface area contributed by atoms with Crippen molar-refractivity contribution in [2.45, 2.75) is 12.5 Å². The van der Waals surface area contributed by atoms with Gasteiger partial charge in [-0.05, 0) is 42.8 Å². The van der Waals surface area contributed by atoms with Crippen LogP contribution in [0.2, 0.25) is 0 Å². The Morgan fingerprint density at radius 3 is 2.61 bits per heavy atom. The van der Waals surface area contributed by atoms with E-state index in [9.17, 15) is 17.6 Å². The molecule has 0 bridgehead atoms. The predicted octanol–water partition coefficient (Wildman–Crippen LogP) is 3.06. The Hall–Kier alpha value is -3.00. The van der Waals surface area contributed by atoms with Gasteiger partial charge in [0.2, 0.25) is 5.89 Å². The van der Waals surface area contributed by atoms with Gasteiger partial charge in [-0.2, -0.15) is 0 Å². The molecule has 1 fully saturated rings. The maximum atomic E-state index is 13.1. The van der Waals surface area contributed by atoms with Crippen LogP contribution in [0.5, 0.6) is 0 Å². The largest absolute Gasteiger partial charge is 0.436 e. The molecule has 0 unspecified atom stereocenters. The van der Waals surface area contributed by atoms with Crippen LogP contribution in [-0.2, 0) is 9.84 Å². The number of nitrogens with zero attached hydrogens (tertiary/aromatic N) is 1. The number of oxazole rings is 1. The van der Waals surface area contributed by atoms with Gasteiger partial charge in [-0.25, -0.2) is 17.8 Å². The van der Waals surface area contributed by atoms with Gasteiger partial charge >= 0.3 is 0 Å². The lowest BCUT2D eigenvalue weighted by Gasteiger charge is -2.12. The monoisotopic (exact) mass is 400 g/mol. The standard InChI is InChI=1S/C20H17FN2O4S/c21-14-7-5-13(6-8-14)18-11-22-20(27-18)17-4-2-1-3-16(17)19(24)23-15-9-10-28(25,26)12-15/h1-8,11,15H,9-10,12H2,(H,23,24)/t15-/m0/s1. The van der Waals surface area contributed by atoms with E-state index in [1.165, 1.54) is 18.3 Å². The summed E-state index contributed by atoms with van der Waals surface area (Å²) < 4.78 is 42.1. The number of rotatable bonds is 4. The quantitative estimate of drug-likeness (QED) is 0.727. The molecule has 1 atom stereocenters. The molecule has 28 heavy (non-hydrogen) atoms. The molecule has 2 aromatic carbocycles. The molecule has 0 saturated carbocycles. The number of nitrogens with one attached hydrogen (secondary N) is 1. The van der Waals surface area contributed by atoms with Crippen LogP contribution in [0, 0.1) is 5.82 Å². The Balaban J connectivity index is 1.60. The molecule has 6 nitrogen and oxygen atoms in total. The lowest BCUT2D eigenvalue weighted by Crippen LogP contribution is -2.35. The minimum absolute atomic E-state index is 0.0470. The highest BCUT2D eigenvalue weighted by atomic mass is 32.2. The molecule has 0 aliphatic carbocycles. The van der Waals surface area contributed by atoms with Gasteiger partial charge in [-0.1, -0.05) is 12.1 Å². The van der Waals surface area contributed by atoms with E-state index in [1.807, 2.05) is 0 Å². The third-order valence-corrected chi connectivity index (χ3v) is 6.37. The van der Waals surface area contributed by atoms with Crippen molar-refractivity contribution >= 4 is 15.7 Å². The van der Waals surface area contributed by atoms with Crippen LogP contribution in [0.25, 0.3) is 22.8 Å². The second-order valence-electron chi connectivity index (χ2n) is 6.66. The van der Waals surface area contributed by atoms with Gasteiger partial charge in [0.25, 0.3) is 5.91 Å². The minimum Gasteiger partial charge on any atom is -0.436 e. The van der Waals surface area contributed by atoms with E-state index in [1.54, 1.807) is 36.4 Å². The highest BCUT2D eigenvalue weighted by molar-refractivity contribution is 7.91. The highest BCUT2D eigenvalue weighted by Gasteiger charge is 2.29. The summed E-state index contributed by atoms with van der Waals surface area (Å²) in [5.41, 5.74) is 1.51. The molecule has 4 rings (SSSR count). The maximum absolute atomic E-state index is 13.1. The molecule has 8 heteroatoms. The molecule has 1 aliphatic heterocycles. The van der Waals surface area contributed by atoms with E-state index in [4.69, 9.17) is 4.42 Å². The fraction of sp³-hybridized carbons (Fsp3) is 0.200. The third kappa shape index (κ3) is 3.82. The lowest BCUT2D eigenvalue weighted by atomic mass is 10.1. The van der Waals surface area contributed by atoms with E-state index in [2.05, 4.69) is 10.3 Å². The van der Waals surface area contributed by atoms with Gasteiger partial charge in [0.15, 0.2) is 15.6 Å². The number of benzene rings is 2. The van der Waals surface area contributed by atoms with Crippen LogP contribution >= 0.6 is 0 Å². The Kier molecular flexibility index (Phi) is 4.72. The zero-order valence-electron chi connectivity index (χ0n) is 14.8. The number of hydrogen-bond donors (Lipinski definition) is 1. The van der Waals surface area contributed by atoms with Gasteiger partial charge in [-0.3, -0.25) is 4.79 Å². The number of amides is 1. The summed E-state index contributed by atoms with van der Waals surface area (Å²) in [5, 5.41) is 2.78. The third-order valence-electron chi connectivity index (χ3n) is 4.60. The first-order valence-electron chi connectivity index (χ1n) is 8.74. The van der Waals surface area contributed by atoms with E-state index in [0.29, 0.717) is 28.9 Å². The number of carbonyl (C=O) groups excluding carboxylic acids is 1. The molecule has 0 spiro atoms. The van der Waals surface area contributed by atoms with E-state index in [0.717, 1.165) is 0 Å². The lowest BCUT2D eigenvalue weighted by molar-refractivity contribution is 0.0941. The molecule has 1 N–H and O–H groups in total. The number of hydrogen-bond acceptors (Lipinski definition) is 5. The summed E-state index contributed by atoms with van der Waals surface area (Å²) in [6.07, 6.45) is 1.92. The van der Waals surface area contributed by atoms with Crippen LogP contribution in [0.1, 0.15) is 16.8 Å². The maximum Gasteiger partial charge on any atom is 0.252 e. The van der Waals surface area contributed by atoms with Crippen molar-refractivity contribution in [3.05, 3.63) is 66.1 Å². The van der Waals surface area contributed by atoms with Crippen molar-refractivity contribution in [2.75, 3.05) is 11.5 Å².